The van der Waals surface area contributed by atoms with Crippen LogP contribution in [0.2, 0.25) is 0 Å². The van der Waals surface area contributed by atoms with Crippen LogP contribution < -0.4 is 0 Å². The standard InChI is InChI=1S/C17H14O6/c1-2-11(19)7-3-9-14(12(20)4-7)17(23)15-10(16(9)22)5-8(18)6-13(15)21/h3-6,11,18-21H,2H2,1H3. The normalized spacial score (nSPS) is 14.3. The highest BCUT2D eigenvalue weighted by atomic mass is 16.3. The van der Waals surface area contributed by atoms with Gasteiger partial charge in [0.2, 0.25) is 5.78 Å². The van der Waals surface area contributed by atoms with Crippen molar-refractivity contribution < 1.29 is 30.0 Å². The van der Waals surface area contributed by atoms with Crippen LogP contribution in [-0.4, -0.2) is 32.0 Å². The number of hydrogen-bond donors (Lipinski definition) is 4. The lowest BCUT2D eigenvalue weighted by Gasteiger charge is -2.21. The van der Waals surface area contributed by atoms with E-state index in [1.165, 1.54) is 12.1 Å². The SMILES string of the molecule is CCC(O)c1cc(O)c2c(c1)C(=O)c1cc(O)cc(O)c1C2=O. The zero-order valence-corrected chi connectivity index (χ0v) is 12.2. The first-order chi connectivity index (χ1) is 10.8. The van der Waals surface area contributed by atoms with E-state index < -0.39 is 29.2 Å². The number of carbonyl (C=O) groups excluding carboxylic acids is 2. The molecule has 0 bridgehead atoms. The molecule has 1 aliphatic rings. The summed E-state index contributed by atoms with van der Waals surface area (Å²) in [4.78, 5) is 25.1. The van der Waals surface area contributed by atoms with Crippen LogP contribution in [0.3, 0.4) is 0 Å². The summed E-state index contributed by atoms with van der Waals surface area (Å²) in [6, 6.07) is 4.65. The predicted octanol–water partition coefficient (Wildman–Crippen LogP) is 2.02. The highest BCUT2D eigenvalue weighted by molar-refractivity contribution is 6.30. The van der Waals surface area contributed by atoms with Gasteiger partial charge in [-0.25, -0.2) is 0 Å². The summed E-state index contributed by atoms with van der Waals surface area (Å²) in [5.41, 5.74) is -0.342. The van der Waals surface area contributed by atoms with Crippen molar-refractivity contribution in [2.45, 2.75) is 19.4 Å². The van der Waals surface area contributed by atoms with Gasteiger partial charge in [-0.2, -0.15) is 0 Å². The number of ketones is 2. The van der Waals surface area contributed by atoms with Crippen LogP contribution in [0.25, 0.3) is 0 Å². The quantitative estimate of drug-likeness (QED) is 0.575. The van der Waals surface area contributed by atoms with E-state index in [1.807, 2.05) is 0 Å². The molecule has 118 valence electrons. The number of hydrogen-bond acceptors (Lipinski definition) is 6. The van der Waals surface area contributed by atoms with E-state index in [2.05, 4.69) is 0 Å². The summed E-state index contributed by atoms with van der Waals surface area (Å²) >= 11 is 0. The Morgan fingerprint density at radius 3 is 2.04 bits per heavy atom. The van der Waals surface area contributed by atoms with Crippen molar-refractivity contribution in [2.24, 2.45) is 0 Å². The molecule has 1 atom stereocenters. The van der Waals surface area contributed by atoms with Gasteiger partial charge in [-0.1, -0.05) is 6.92 Å². The molecule has 0 spiro atoms. The molecule has 0 fully saturated rings. The van der Waals surface area contributed by atoms with Crippen LogP contribution in [0.15, 0.2) is 24.3 Å². The monoisotopic (exact) mass is 314 g/mol. The van der Waals surface area contributed by atoms with Crippen molar-refractivity contribution in [1.29, 1.82) is 0 Å². The maximum atomic E-state index is 12.6. The van der Waals surface area contributed by atoms with E-state index in [1.54, 1.807) is 6.92 Å². The molecule has 23 heavy (non-hydrogen) atoms. The van der Waals surface area contributed by atoms with Crippen LogP contribution in [0.4, 0.5) is 0 Å². The van der Waals surface area contributed by atoms with Crippen LogP contribution in [0.1, 0.15) is 56.9 Å². The summed E-state index contributed by atoms with van der Waals surface area (Å²) in [5, 5.41) is 39.4. The summed E-state index contributed by atoms with van der Waals surface area (Å²) < 4.78 is 0. The maximum Gasteiger partial charge on any atom is 0.201 e. The fraction of sp³-hybridized carbons (Fsp3) is 0.176. The third kappa shape index (κ3) is 2.15. The zero-order chi connectivity index (χ0) is 16.9. The molecule has 0 aliphatic heterocycles. The first-order valence-corrected chi connectivity index (χ1v) is 7.05. The van der Waals surface area contributed by atoms with Gasteiger partial charge >= 0.3 is 0 Å². The van der Waals surface area contributed by atoms with Gasteiger partial charge in [-0.05, 0) is 30.2 Å². The number of aliphatic hydroxyl groups is 1. The Morgan fingerprint density at radius 2 is 1.43 bits per heavy atom. The second-order valence-electron chi connectivity index (χ2n) is 5.43. The Hall–Kier alpha value is -2.86. The second kappa shape index (κ2) is 5.10. The molecule has 1 aliphatic carbocycles. The van der Waals surface area contributed by atoms with E-state index in [9.17, 15) is 30.0 Å². The maximum absolute atomic E-state index is 12.6. The molecule has 0 radical (unpaired) electrons. The summed E-state index contributed by atoms with van der Waals surface area (Å²) in [7, 11) is 0. The number of phenolic OH excluding ortho intramolecular Hbond substituents is 3. The third-order valence-electron chi connectivity index (χ3n) is 3.96. The fourth-order valence-electron chi connectivity index (χ4n) is 2.79. The average Bonchev–Trinajstić information content (AvgIpc) is 2.50. The minimum absolute atomic E-state index is 0.0602. The number of fused-ring (bicyclic) bond motifs is 2. The number of rotatable bonds is 2. The molecule has 0 amide bonds. The van der Waals surface area contributed by atoms with E-state index in [0.29, 0.717) is 12.0 Å². The third-order valence-corrected chi connectivity index (χ3v) is 3.96. The molecule has 0 aromatic heterocycles. The summed E-state index contributed by atoms with van der Waals surface area (Å²) in [6.45, 7) is 1.74. The van der Waals surface area contributed by atoms with Crippen molar-refractivity contribution in [3.63, 3.8) is 0 Å². The van der Waals surface area contributed by atoms with E-state index in [0.717, 1.165) is 12.1 Å². The minimum atomic E-state index is -0.881. The first kappa shape index (κ1) is 15.1. The second-order valence-corrected chi connectivity index (χ2v) is 5.43. The van der Waals surface area contributed by atoms with Gasteiger partial charge < -0.3 is 20.4 Å². The fourth-order valence-corrected chi connectivity index (χ4v) is 2.79. The molecule has 0 saturated heterocycles. The number of aliphatic hydroxyl groups excluding tert-OH is 1. The summed E-state index contributed by atoms with van der Waals surface area (Å²) in [5.74, 6) is -2.62. The summed E-state index contributed by atoms with van der Waals surface area (Å²) in [6.07, 6.45) is -0.508. The molecular weight excluding hydrogens is 300 g/mol. The van der Waals surface area contributed by atoms with Gasteiger partial charge in [0.1, 0.15) is 17.2 Å². The Kier molecular flexibility index (Phi) is 3.34. The molecule has 1 unspecified atom stereocenters. The largest absolute Gasteiger partial charge is 0.508 e. The van der Waals surface area contributed by atoms with Gasteiger partial charge in [0.05, 0.1) is 17.2 Å². The molecule has 4 N–H and O–H groups in total. The lowest BCUT2D eigenvalue weighted by molar-refractivity contribution is 0.0973. The molecule has 0 saturated carbocycles. The molecule has 2 aromatic rings. The number of carbonyl (C=O) groups is 2. The molecule has 3 rings (SSSR count). The molecule has 6 heteroatoms. The van der Waals surface area contributed by atoms with Crippen molar-refractivity contribution in [3.8, 4) is 17.2 Å². The van der Waals surface area contributed by atoms with Crippen LogP contribution in [0.5, 0.6) is 17.2 Å². The number of aromatic hydroxyl groups is 3. The average molecular weight is 314 g/mol. The first-order valence-electron chi connectivity index (χ1n) is 7.05. The molecule has 2 aromatic carbocycles. The number of phenols is 3. The minimum Gasteiger partial charge on any atom is -0.508 e. The highest BCUT2D eigenvalue weighted by Gasteiger charge is 2.35. The smallest absolute Gasteiger partial charge is 0.201 e. The van der Waals surface area contributed by atoms with Gasteiger partial charge in [-0.15, -0.1) is 0 Å². The van der Waals surface area contributed by atoms with Crippen LogP contribution >= 0.6 is 0 Å². The molecule has 0 heterocycles. The molecule has 6 nitrogen and oxygen atoms in total. The molecular formula is C17H14O6. The number of benzene rings is 2. The lowest BCUT2D eigenvalue weighted by Crippen LogP contribution is -2.21. The Labute approximate surface area is 131 Å². The van der Waals surface area contributed by atoms with Gasteiger partial charge in [0.15, 0.2) is 5.78 Å². The van der Waals surface area contributed by atoms with Crippen molar-refractivity contribution in [3.05, 3.63) is 52.1 Å². The van der Waals surface area contributed by atoms with Crippen LogP contribution in [0, 0.1) is 0 Å². The van der Waals surface area contributed by atoms with Gasteiger partial charge in [0, 0.05) is 17.2 Å². The lowest BCUT2D eigenvalue weighted by atomic mass is 9.81. The van der Waals surface area contributed by atoms with Gasteiger partial charge in [-0.3, -0.25) is 9.59 Å². The predicted molar refractivity (Wildman–Crippen MR) is 80.0 cm³/mol. The van der Waals surface area contributed by atoms with Crippen molar-refractivity contribution in [2.75, 3.05) is 0 Å². The van der Waals surface area contributed by atoms with E-state index >= 15 is 0 Å². The Balaban J connectivity index is 2.29. The van der Waals surface area contributed by atoms with Gasteiger partial charge in [0.25, 0.3) is 0 Å². The topological polar surface area (TPSA) is 115 Å². The van der Waals surface area contributed by atoms with Crippen LogP contribution in [-0.2, 0) is 0 Å². The van der Waals surface area contributed by atoms with Crippen molar-refractivity contribution >= 4 is 11.6 Å². The van der Waals surface area contributed by atoms with E-state index in [-0.39, 0.29) is 28.0 Å². The van der Waals surface area contributed by atoms with Crippen molar-refractivity contribution in [1.82, 2.24) is 0 Å². The van der Waals surface area contributed by atoms with E-state index in [4.69, 9.17) is 0 Å². The zero-order valence-electron chi connectivity index (χ0n) is 12.2. The highest BCUT2D eigenvalue weighted by Crippen LogP contribution is 2.39. The Bertz CT molecular complexity index is 853. The Morgan fingerprint density at radius 1 is 0.870 bits per heavy atom.